The third-order valence-corrected chi connectivity index (χ3v) is 7.31. The SMILES string of the molecule is CCOC(=O)C1=C(C)N=c2sc(=Cc3ccc4c(c3)OCO4)c(=O)n2[C@H]1c1ccc(OC)c(Br)c1. The molecular weight excluding hydrogens is 536 g/mol. The van der Waals surface area contributed by atoms with Crippen molar-refractivity contribution in [2.45, 2.75) is 19.9 Å². The second-order valence-corrected chi connectivity index (χ2v) is 9.67. The second kappa shape index (κ2) is 9.35. The summed E-state index contributed by atoms with van der Waals surface area (Å²) in [6.07, 6.45) is 1.79. The molecule has 3 aromatic rings. The summed E-state index contributed by atoms with van der Waals surface area (Å²) in [7, 11) is 1.58. The highest BCUT2D eigenvalue weighted by atomic mass is 79.9. The predicted molar refractivity (Wildman–Crippen MR) is 134 cm³/mol. The van der Waals surface area contributed by atoms with Gasteiger partial charge >= 0.3 is 5.97 Å². The lowest BCUT2D eigenvalue weighted by Gasteiger charge is -2.25. The monoisotopic (exact) mass is 556 g/mol. The zero-order chi connectivity index (χ0) is 24.7. The molecule has 0 bridgehead atoms. The molecule has 0 spiro atoms. The third kappa shape index (κ3) is 4.17. The molecule has 2 aliphatic rings. The zero-order valence-electron chi connectivity index (χ0n) is 19.2. The molecule has 0 radical (unpaired) electrons. The minimum Gasteiger partial charge on any atom is -0.496 e. The number of allylic oxidation sites excluding steroid dienone is 1. The van der Waals surface area contributed by atoms with Gasteiger partial charge in [-0.15, -0.1) is 0 Å². The van der Waals surface area contributed by atoms with Gasteiger partial charge in [-0.25, -0.2) is 9.79 Å². The van der Waals surface area contributed by atoms with Crippen LogP contribution in [0.3, 0.4) is 0 Å². The lowest BCUT2D eigenvalue weighted by molar-refractivity contribution is -0.139. The molecule has 0 saturated heterocycles. The number of thiazole rings is 1. The first kappa shape index (κ1) is 23.4. The molecule has 1 atom stereocenters. The molecule has 0 amide bonds. The molecule has 2 aromatic carbocycles. The Labute approximate surface area is 212 Å². The number of benzene rings is 2. The Hall–Kier alpha value is -3.37. The van der Waals surface area contributed by atoms with Crippen LogP contribution in [0.4, 0.5) is 0 Å². The van der Waals surface area contributed by atoms with Crippen LogP contribution in [0.25, 0.3) is 6.08 Å². The van der Waals surface area contributed by atoms with Crippen LogP contribution in [0.5, 0.6) is 17.2 Å². The van der Waals surface area contributed by atoms with E-state index >= 15 is 0 Å². The van der Waals surface area contributed by atoms with Crippen LogP contribution in [0.1, 0.15) is 31.0 Å². The number of ether oxygens (including phenoxy) is 4. The van der Waals surface area contributed by atoms with Crippen molar-refractivity contribution >= 4 is 39.3 Å². The van der Waals surface area contributed by atoms with Crippen molar-refractivity contribution in [1.82, 2.24) is 4.57 Å². The van der Waals surface area contributed by atoms with Gasteiger partial charge in [0.1, 0.15) is 5.75 Å². The fraction of sp³-hybridized carbons (Fsp3) is 0.240. The Morgan fingerprint density at radius 1 is 1.26 bits per heavy atom. The molecule has 0 aliphatic carbocycles. The quantitative estimate of drug-likeness (QED) is 0.448. The van der Waals surface area contributed by atoms with E-state index in [-0.39, 0.29) is 19.0 Å². The molecule has 0 saturated carbocycles. The molecule has 5 rings (SSSR count). The predicted octanol–water partition coefficient (Wildman–Crippen LogP) is 3.30. The average Bonchev–Trinajstić information content (AvgIpc) is 3.42. The van der Waals surface area contributed by atoms with Gasteiger partial charge in [-0.3, -0.25) is 9.36 Å². The highest BCUT2D eigenvalue weighted by Crippen LogP contribution is 2.35. The first-order valence-electron chi connectivity index (χ1n) is 10.8. The molecule has 1 aromatic heterocycles. The highest BCUT2D eigenvalue weighted by Gasteiger charge is 2.33. The van der Waals surface area contributed by atoms with Crippen molar-refractivity contribution in [2.24, 2.45) is 4.99 Å². The number of hydrogen-bond acceptors (Lipinski definition) is 8. The standard InChI is InChI=1S/C25H21BrN2O6S/c1-4-32-24(30)21-13(2)27-25-28(22(21)15-6-8-17(31-3)16(26)11-15)23(29)20(35-25)10-14-5-7-18-19(9-14)34-12-33-18/h5-11,22H,4,12H2,1-3H3/t22-/m0/s1. The van der Waals surface area contributed by atoms with Gasteiger partial charge in [0, 0.05) is 0 Å². The Bertz CT molecular complexity index is 1550. The number of carbonyl (C=O) groups excluding carboxylic acids is 1. The van der Waals surface area contributed by atoms with E-state index in [1.165, 1.54) is 11.3 Å². The topological polar surface area (TPSA) is 88.4 Å². The number of aromatic nitrogens is 1. The number of halogens is 1. The smallest absolute Gasteiger partial charge is 0.338 e. The summed E-state index contributed by atoms with van der Waals surface area (Å²) in [5.41, 5.74) is 2.11. The summed E-state index contributed by atoms with van der Waals surface area (Å²) in [5, 5.41) is 0. The van der Waals surface area contributed by atoms with E-state index in [0.717, 1.165) is 11.1 Å². The molecule has 0 N–H and O–H groups in total. The van der Waals surface area contributed by atoms with E-state index < -0.39 is 12.0 Å². The van der Waals surface area contributed by atoms with E-state index in [1.807, 2.05) is 30.3 Å². The van der Waals surface area contributed by atoms with Gasteiger partial charge in [-0.05, 0) is 71.2 Å². The number of methoxy groups -OCH3 is 1. The first-order chi connectivity index (χ1) is 16.9. The maximum atomic E-state index is 13.7. The molecule has 0 unspecified atom stereocenters. The maximum Gasteiger partial charge on any atom is 0.338 e. The van der Waals surface area contributed by atoms with E-state index in [2.05, 4.69) is 20.9 Å². The van der Waals surface area contributed by atoms with Crippen LogP contribution in [0.15, 0.2) is 61.9 Å². The summed E-state index contributed by atoms with van der Waals surface area (Å²) < 4.78 is 24.3. The van der Waals surface area contributed by atoms with Crippen molar-refractivity contribution in [3.8, 4) is 17.2 Å². The zero-order valence-corrected chi connectivity index (χ0v) is 21.6. The molecule has 180 valence electrons. The Balaban J connectivity index is 1.70. The molecule has 10 heteroatoms. The summed E-state index contributed by atoms with van der Waals surface area (Å²) >= 11 is 4.78. The number of fused-ring (bicyclic) bond motifs is 2. The Morgan fingerprint density at radius 2 is 2.06 bits per heavy atom. The fourth-order valence-electron chi connectivity index (χ4n) is 4.11. The van der Waals surface area contributed by atoms with Gasteiger partial charge < -0.3 is 18.9 Å². The minimum absolute atomic E-state index is 0.175. The molecule has 3 heterocycles. The van der Waals surface area contributed by atoms with Crippen molar-refractivity contribution < 1.29 is 23.7 Å². The van der Waals surface area contributed by atoms with Gasteiger partial charge in [0.25, 0.3) is 5.56 Å². The number of esters is 1. The number of hydrogen-bond donors (Lipinski definition) is 0. The average molecular weight is 557 g/mol. The van der Waals surface area contributed by atoms with Crippen LogP contribution in [0.2, 0.25) is 0 Å². The first-order valence-corrected chi connectivity index (χ1v) is 12.4. The summed E-state index contributed by atoms with van der Waals surface area (Å²) in [5.74, 6) is 1.44. The van der Waals surface area contributed by atoms with Gasteiger partial charge in [0.2, 0.25) is 6.79 Å². The molecular formula is C25H21BrN2O6S. The Kier molecular flexibility index (Phi) is 6.24. The van der Waals surface area contributed by atoms with Crippen LogP contribution < -0.4 is 29.1 Å². The highest BCUT2D eigenvalue weighted by molar-refractivity contribution is 9.10. The molecule has 8 nitrogen and oxygen atoms in total. The number of rotatable bonds is 5. The van der Waals surface area contributed by atoms with Crippen molar-refractivity contribution in [3.05, 3.63) is 83.0 Å². The molecule has 2 aliphatic heterocycles. The van der Waals surface area contributed by atoms with Crippen molar-refractivity contribution in [2.75, 3.05) is 20.5 Å². The minimum atomic E-state index is -0.702. The fourth-order valence-corrected chi connectivity index (χ4v) is 5.72. The number of carbonyl (C=O) groups is 1. The lowest BCUT2D eigenvalue weighted by Crippen LogP contribution is -2.39. The van der Waals surface area contributed by atoms with E-state index in [1.54, 1.807) is 37.7 Å². The summed E-state index contributed by atoms with van der Waals surface area (Å²) in [6.45, 7) is 3.89. The third-order valence-electron chi connectivity index (χ3n) is 5.70. The second-order valence-electron chi connectivity index (χ2n) is 7.81. The van der Waals surface area contributed by atoms with E-state index in [4.69, 9.17) is 18.9 Å². The van der Waals surface area contributed by atoms with Gasteiger partial charge in [-0.1, -0.05) is 23.5 Å². The lowest BCUT2D eigenvalue weighted by atomic mass is 9.96. The number of nitrogens with zero attached hydrogens (tertiary/aromatic N) is 2. The van der Waals surface area contributed by atoms with Gasteiger partial charge in [0.15, 0.2) is 16.3 Å². The van der Waals surface area contributed by atoms with Crippen molar-refractivity contribution in [3.63, 3.8) is 0 Å². The van der Waals surface area contributed by atoms with E-state index in [0.29, 0.717) is 42.3 Å². The Morgan fingerprint density at radius 3 is 2.80 bits per heavy atom. The molecule has 0 fully saturated rings. The largest absolute Gasteiger partial charge is 0.496 e. The van der Waals surface area contributed by atoms with Crippen LogP contribution in [0, 0.1) is 0 Å². The summed E-state index contributed by atoms with van der Waals surface area (Å²) in [6, 6.07) is 10.3. The van der Waals surface area contributed by atoms with Crippen molar-refractivity contribution in [1.29, 1.82) is 0 Å². The van der Waals surface area contributed by atoms with E-state index in [9.17, 15) is 9.59 Å². The van der Waals surface area contributed by atoms with Crippen LogP contribution in [-0.4, -0.2) is 31.0 Å². The normalized spacial score (nSPS) is 16.7. The summed E-state index contributed by atoms with van der Waals surface area (Å²) in [4.78, 5) is 31.8. The van der Waals surface area contributed by atoms with Crippen LogP contribution in [-0.2, 0) is 9.53 Å². The maximum absolute atomic E-state index is 13.7. The molecule has 35 heavy (non-hydrogen) atoms. The van der Waals surface area contributed by atoms with Crippen LogP contribution >= 0.6 is 27.3 Å². The van der Waals surface area contributed by atoms with Gasteiger partial charge in [0.05, 0.1) is 40.0 Å². The van der Waals surface area contributed by atoms with Gasteiger partial charge in [-0.2, -0.15) is 0 Å².